The highest BCUT2D eigenvalue weighted by Crippen LogP contribution is 2.40. The van der Waals surface area contributed by atoms with Gasteiger partial charge in [0, 0.05) is 47.4 Å². The summed E-state index contributed by atoms with van der Waals surface area (Å²) in [4.78, 5) is 31.2. The van der Waals surface area contributed by atoms with Crippen LogP contribution in [0.4, 0.5) is 17.1 Å². The Labute approximate surface area is 221 Å². The Kier molecular flexibility index (Phi) is 6.93. The van der Waals surface area contributed by atoms with Crippen LogP contribution in [-0.4, -0.2) is 16.8 Å². The Hall–Kier alpha value is -4.16. The van der Waals surface area contributed by atoms with Crippen LogP contribution in [0.15, 0.2) is 91.3 Å². The lowest BCUT2D eigenvalue weighted by molar-refractivity contribution is -0.118. The van der Waals surface area contributed by atoms with Crippen LogP contribution in [0.5, 0.6) is 0 Å². The first kappa shape index (κ1) is 24.5. The number of hydrogen-bond acceptors (Lipinski definition) is 4. The fraction of sp³-hybridized carbons (Fsp3) is 0.167. The van der Waals surface area contributed by atoms with Gasteiger partial charge in [-0.15, -0.1) is 0 Å². The summed E-state index contributed by atoms with van der Waals surface area (Å²) in [5.41, 5.74) is 6.44. The van der Waals surface area contributed by atoms with Gasteiger partial charge in [0.25, 0.3) is 0 Å². The number of fused-ring (bicyclic) bond motifs is 1. The summed E-state index contributed by atoms with van der Waals surface area (Å²) in [6.07, 6.45) is 3.84. The molecule has 0 radical (unpaired) electrons. The second-order valence-corrected chi connectivity index (χ2v) is 9.62. The molecule has 1 aromatic heterocycles. The fourth-order valence-corrected chi connectivity index (χ4v) is 4.92. The van der Waals surface area contributed by atoms with E-state index in [0.717, 1.165) is 33.6 Å². The molecule has 7 heteroatoms. The zero-order valence-corrected chi connectivity index (χ0v) is 21.4. The Morgan fingerprint density at radius 1 is 0.973 bits per heavy atom. The standard InChI is InChI=1S/C30H27ClN4O2/c1-19(21-13-15-32-16-14-21)33-25-9-11-27(12-10-25)35-29(37)17-23-5-8-26(34-20(2)36)18-28(23)30(35)22-3-6-24(31)7-4-22/h3-16,18-19,30,33H,17H2,1-2H3,(H,34,36). The van der Waals surface area contributed by atoms with Crippen molar-refractivity contribution in [3.63, 3.8) is 0 Å². The van der Waals surface area contributed by atoms with E-state index in [1.807, 2.05) is 83.8 Å². The van der Waals surface area contributed by atoms with Crippen LogP contribution in [0, 0.1) is 0 Å². The molecule has 186 valence electrons. The van der Waals surface area contributed by atoms with Gasteiger partial charge in [-0.25, -0.2) is 0 Å². The van der Waals surface area contributed by atoms with Gasteiger partial charge in [0.15, 0.2) is 0 Å². The molecule has 2 unspecified atom stereocenters. The average molecular weight is 511 g/mol. The molecule has 2 N–H and O–H groups in total. The number of pyridine rings is 1. The molecule has 5 rings (SSSR count). The molecule has 1 aliphatic rings. The smallest absolute Gasteiger partial charge is 0.232 e. The number of hydrogen-bond donors (Lipinski definition) is 2. The van der Waals surface area contributed by atoms with Crippen molar-refractivity contribution in [2.75, 3.05) is 15.5 Å². The molecule has 6 nitrogen and oxygen atoms in total. The molecule has 2 amide bonds. The van der Waals surface area contributed by atoms with Gasteiger partial charge in [0.05, 0.1) is 12.5 Å². The van der Waals surface area contributed by atoms with E-state index in [4.69, 9.17) is 11.6 Å². The minimum atomic E-state index is -0.364. The lowest BCUT2D eigenvalue weighted by Gasteiger charge is -2.38. The van der Waals surface area contributed by atoms with Crippen molar-refractivity contribution in [2.24, 2.45) is 0 Å². The van der Waals surface area contributed by atoms with Gasteiger partial charge < -0.3 is 15.5 Å². The first-order chi connectivity index (χ1) is 17.9. The van der Waals surface area contributed by atoms with Gasteiger partial charge in [-0.2, -0.15) is 0 Å². The molecule has 0 bridgehead atoms. The average Bonchev–Trinajstić information content (AvgIpc) is 2.89. The second-order valence-electron chi connectivity index (χ2n) is 9.18. The third kappa shape index (κ3) is 5.34. The monoisotopic (exact) mass is 510 g/mol. The number of nitrogens with zero attached hydrogens (tertiary/aromatic N) is 2. The fourth-order valence-electron chi connectivity index (χ4n) is 4.79. The Morgan fingerprint density at radius 3 is 2.32 bits per heavy atom. The molecule has 3 aromatic carbocycles. The summed E-state index contributed by atoms with van der Waals surface area (Å²) in [6, 6.07) is 24.9. The second kappa shape index (κ2) is 10.4. The molecular formula is C30H27ClN4O2. The van der Waals surface area contributed by atoms with Crippen molar-refractivity contribution >= 4 is 40.5 Å². The third-order valence-electron chi connectivity index (χ3n) is 6.55. The van der Waals surface area contributed by atoms with Crippen molar-refractivity contribution in [2.45, 2.75) is 32.4 Å². The van der Waals surface area contributed by atoms with Gasteiger partial charge in [-0.05, 0) is 89.8 Å². The van der Waals surface area contributed by atoms with Crippen molar-refractivity contribution in [3.05, 3.63) is 119 Å². The van der Waals surface area contributed by atoms with Crippen LogP contribution < -0.4 is 15.5 Å². The van der Waals surface area contributed by atoms with Crippen molar-refractivity contribution in [3.8, 4) is 0 Å². The van der Waals surface area contributed by atoms with E-state index >= 15 is 0 Å². The van der Waals surface area contributed by atoms with Gasteiger partial charge >= 0.3 is 0 Å². The van der Waals surface area contributed by atoms with E-state index in [2.05, 4.69) is 22.5 Å². The van der Waals surface area contributed by atoms with Gasteiger partial charge in [-0.3, -0.25) is 14.6 Å². The maximum atomic E-state index is 13.5. The molecular weight excluding hydrogens is 484 g/mol. The van der Waals surface area contributed by atoms with E-state index in [0.29, 0.717) is 10.7 Å². The number of rotatable bonds is 6. The number of carbonyl (C=O) groups is 2. The normalized spacial score (nSPS) is 15.6. The van der Waals surface area contributed by atoms with Crippen LogP contribution in [-0.2, 0) is 16.0 Å². The minimum absolute atomic E-state index is 0.00518. The molecule has 4 aromatic rings. The van der Waals surface area contributed by atoms with Crippen molar-refractivity contribution < 1.29 is 9.59 Å². The quantitative estimate of drug-likeness (QED) is 0.308. The highest BCUT2D eigenvalue weighted by Gasteiger charge is 2.35. The Morgan fingerprint density at radius 2 is 1.65 bits per heavy atom. The maximum Gasteiger partial charge on any atom is 0.232 e. The summed E-state index contributed by atoms with van der Waals surface area (Å²) >= 11 is 6.18. The molecule has 1 aliphatic heterocycles. The first-order valence-electron chi connectivity index (χ1n) is 12.1. The lowest BCUT2D eigenvalue weighted by atomic mass is 9.87. The highest BCUT2D eigenvalue weighted by atomic mass is 35.5. The zero-order valence-electron chi connectivity index (χ0n) is 20.6. The van der Waals surface area contributed by atoms with E-state index < -0.39 is 0 Å². The summed E-state index contributed by atoms with van der Waals surface area (Å²) in [5, 5.41) is 7.00. The van der Waals surface area contributed by atoms with E-state index in [9.17, 15) is 9.59 Å². The van der Waals surface area contributed by atoms with Crippen LogP contribution in [0.2, 0.25) is 5.02 Å². The van der Waals surface area contributed by atoms with E-state index in [1.54, 1.807) is 12.4 Å². The largest absolute Gasteiger partial charge is 0.379 e. The summed E-state index contributed by atoms with van der Waals surface area (Å²) in [6.45, 7) is 3.58. The number of benzene rings is 3. The number of carbonyl (C=O) groups excluding carboxylic acids is 2. The molecule has 0 fully saturated rings. The predicted octanol–water partition coefficient (Wildman–Crippen LogP) is 6.55. The zero-order chi connectivity index (χ0) is 25.9. The highest BCUT2D eigenvalue weighted by molar-refractivity contribution is 6.30. The van der Waals surface area contributed by atoms with Gasteiger partial charge in [-0.1, -0.05) is 29.8 Å². The van der Waals surface area contributed by atoms with Crippen molar-refractivity contribution in [1.82, 2.24) is 4.98 Å². The molecule has 0 spiro atoms. The first-order valence-corrected chi connectivity index (χ1v) is 12.5. The number of nitrogens with one attached hydrogen (secondary N) is 2. The molecule has 37 heavy (non-hydrogen) atoms. The predicted molar refractivity (Wildman–Crippen MR) is 148 cm³/mol. The third-order valence-corrected chi connectivity index (χ3v) is 6.80. The maximum absolute atomic E-state index is 13.5. The number of aromatic nitrogens is 1. The van der Waals surface area contributed by atoms with Gasteiger partial charge in [0.2, 0.25) is 11.8 Å². The van der Waals surface area contributed by atoms with Crippen molar-refractivity contribution in [1.29, 1.82) is 0 Å². The summed E-state index contributed by atoms with van der Waals surface area (Å²) in [7, 11) is 0. The SMILES string of the molecule is CC(=O)Nc1ccc2c(c1)C(c1ccc(Cl)cc1)N(c1ccc(NC(C)c3ccncc3)cc1)C(=O)C2. The molecule has 0 saturated heterocycles. The number of amides is 2. The van der Waals surface area contributed by atoms with Crippen LogP contribution in [0.25, 0.3) is 0 Å². The van der Waals surface area contributed by atoms with Gasteiger partial charge in [0.1, 0.15) is 0 Å². The van der Waals surface area contributed by atoms with E-state index in [1.165, 1.54) is 6.92 Å². The Balaban J connectivity index is 1.51. The molecule has 2 heterocycles. The molecule has 0 aliphatic carbocycles. The molecule has 0 saturated carbocycles. The lowest BCUT2D eigenvalue weighted by Crippen LogP contribution is -2.41. The topological polar surface area (TPSA) is 74.3 Å². The van der Waals surface area contributed by atoms with Crippen LogP contribution >= 0.6 is 11.6 Å². The van der Waals surface area contributed by atoms with Crippen LogP contribution in [0.1, 0.15) is 48.2 Å². The number of anilines is 3. The summed E-state index contributed by atoms with van der Waals surface area (Å²) < 4.78 is 0. The van der Waals surface area contributed by atoms with Crippen LogP contribution in [0.3, 0.4) is 0 Å². The Bertz CT molecular complexity index is 1420. The molecule has 2 atom stereocenters. The minimum Gasteiger partial charge on any atom is -0.379 e. The summed E-state index contributed by atoms with van der Waals surface area (Å²) in [5.74, 6) is -0.138. The number of halogens is 1. The van der Waals surface area contributed by atoms with E-state index in [-0.39, 0.29) is 30.3 Å².